The van der Waals surface area contributed by atoms with Gasteiger partial charge in [-0.05, 0) is 61.6 Å². The average molecular weight is 461 g/mol. The molecule has 2 fully saturated rings. The van der Waals surface area contributed by atoms with Crippen LogP contribution in [0.1, 0.15) is 31.4 Å². The fourth-order valence-electron chi connectivity index (χ4n) is 4.00. The predicted octanol–water partition coefficient (Wildman–Crippen LogP) is 3.76. The summed E-state index contributed by atoms with van der Waals surface area (Å²) in [5.41, 5.74) is 0.902. The number of hydrogen-bond donors (Lipinski definition) is 1. The van der Waals surface area contributed by atoms with Gasteiger partial charge in [0.15, 0.2) is 0 Å². The first kappa shape index (κ1) is 20.3. The van der Waals surface area contributed by atoms with Crippen LogP contribution in [-0.4, -0.2) is 48.0 Å². The number of piperazine rings is 1. The van der Waals surface area contributed by atoms with Crippen LogP contribution in [0.5, 0.6) is 0 Å². The van der Waals surface area contributed by atoms with Gasteiger partial charge in [0, 0.05) is 42.9 Å². The highest BCUT2D eigenvalue weighted by Crippen LogP contribution is 2.42. The number of nitrogens with one attached hydrogen (secondary N) is 1. The number of amides is 1. The number of carbonyl (C=O) groups is 1. The molecule has 1 N–H and O–H groups in total. The van der Waals surface area contributed by atoms with Gasteiger partial charge in [0.25, 0.3) is 0 Å². The van der Waals surface area contributed by atoms with E-state index in [-0.39, 0.29) is 23.8 Å². The topological polar surface area (TPSA) is 48.5 Å². The highest BCUT2D eigenvalue weighted by Gasteiger charge is 2.35. The minimum atomic E-state index is -0.316. The number of carbonyl (C=O) groups excluding carboxylic acids is 1. The maximum atomic E-state index is 13.9. The van der Waals surface area contributed by atoms with E-state index in [4.69, 9.17) is 0 Å². The van der Waals surface area contributed by atoms with Crippen LogP contribution < -0.4 is 10.2 Å². The molecular weight excluding hydrogens is 435 g/mol. The van der Waals surface area contributed by atoms with Gasteiger partial charge in [0.1, 0.15) is 11.6 Å². The molecule has 0 bridgehead atoms. The summed E-state index contributed by atoms with van der Waals surface area (Å²) in [7, 11) is 0. The van der Waals surface area contributed by atoms with E-state index in [1.165, 1.54) is 6.07 Å². The first-order chi connectivity index (χ1) is 14.0. The molecule has 2 aliphatic rings. The highest BCUT2D eigenvalue weighted by atomic mass is 79.9. The molecule has 0 radical (unpaired) electrons. The number of hydrogen-bond acceptors (Lipinski definition) is 4. The lowest BCUT2D eigenvalue weighted by molar-refractivity contribution is -0.133. The van der Waals surface area contributed by atoms with Crippen LogP contribution in [0.15, 0.2) is 47.1 Å². The third kappa shape index (κ3) is 4.95. The Kier molecular flexibility index (Phi) is 6.15. The quantitative estimate of drug-likeness (QED) is 0.712. The van der Waals surface area contributed by atoms with E-state index >= 15 is 0 Å². The zero-order valence-electron chi connectivity index (χ0n) is 16.5. The molecule has 2 unspecified atom stereocenters. The monoisotopic (exact) mass is 460 g/mol. The Morgan fingerprint density at radius 3 is 2.59 bits per heavy atom. The van der Waals surface area contributed by atoms with E-state index in [0.29, 0.717) is 19.0 Å². The molecule has 0 spiro atoms. The van der Waals surface area contributed by atoms with Crippen molar-refractivity contribution in [1.82, 2.24) is 15.2 Å². The van der Waals surface area contributed by atoms with Gasteiger partial charge in [-0.15, -0.1) is 0 Å². The molecule has 154 valence electrons. The van der Waals surface area contributed by atoms with Gasteiger partial charge in [0.05, 0.1) is 6.04 Å². The number of pyridine rings is 1. The van der Waals surface area contributed by atoms with Gasteiger partial charge in [0.2, 0.25) is 5.91 Å². The summed E-state index contributed by atoms with van der Waals surface area (Å²) in [6.45, 7) is 4.83. The van der Waals surface area contributed by atoms with Crippen LogP contribution in [0.2, 0.25) is 0 Å². The van der Waals surface area contributed by atoms with Crippen LogP contribution in [-0.2, 0) is 4.79 Å². The van der Waals surface area contributed by atoms with Gasteiger partial charge in [-0.25, -0.2) is 9.37 Å². The van der Waals surface area contributed by atoms with Crippen LogP contribution in [0.3, 0.4) is 0 Å². The summed E-state index contributed by atoms with van der Waals surface area (Å²) in [4.78, 5) is 21.6. The smallest absolute Gasteiger partial charge is 0.239 e. The van der Waals surface area contributed by atoms with Crippen LogP contribution in [0.25, 0.3) is 0 Å². The van der Waals surface area contributed by atoms with Crippen molar-refractivity contribution >= 4 is 27.7 Å². The third-order valence-corrected chi connectivity index (χ3v) is 6.16. The third-order valence-electron chi connectivity index (χ3n) is 5.70. The Labute approximate surface area is 179 Å². The largest absolute Gasteiger partial charge is 0.353 e. The molecule has 1 aromatic carbocycles. The molecule has 5 nitrogen and oxygen atoms in total. The van der Waals surface area contributed by atoms with Crippen molar-refractivity contribution < 1.29 is 9.18 Å². The van der Waals surface area contributed by atoms with E-state index in [0.717, 1.165) is 41.8 Å². The van der Waals surface area contributed by atoms with Crippen molar-refractivity contribution in [3.05, 3.63) is 58.4 Å². The second kappa shape index (κ2) is 8.79. The predicted molar refractivity (Wildman–Crippen MR) is 115 cm³/mol. The first-order valence-corrected chi connectivity index (χ1v) is 11.0. The van der Waals surface area contributed by atoms with Gasteiger partial charge < -0.3 is 9.80 Å². The molecule has 1 aliphatic heterocycles. The van der Waals surface area contributed by atoms with E-state index in [9.17, 15) is 9.18 Å². The molecule has 29 heavy (non-hydrogen) atoms. The van der Waals surface area contributed by atoms with Crippen molar-refractivity contribution in [2.45, 2.75) is 31.8 Å². The van der Waals surface area contributed by atoms with Crippen molar-refractivity contribution in [3.8, 4) is 0 Å². The standard InChI is InChI=1S/C22H26BrFN4O/c1-15(26-21(16-5-6-16)17-12-18(23)14-19(24)13-17)22(29)28-10-8-27(9-11-28)20-4-2-3-7-25-20/h2-4,7,12-16,21,26H,5-6,8-11H2,1H3. The molecule has 7 heteroatoms. The zero-order chi connectivity index (χ0) is 20.4. The molecule has 1 saturated heterocycles. The van der Waals surface area contributed by atoms with Crippen LogP contribution in [0, 0.1) is 11.7 Å². The van der Waals surface area contributed by atoms with Crippen LogP contribution >= 0.6 is 15.9 Å². The van der Waals surface area contributed by atoms with Gasteiger partial charge in [-0.1, -0.05) is 22.0 Å². The SMILES string of the molecule is CC(NC(c1cc(F)cc(Br)c1)C1CC1)C(=O)N1CCN(c2ccccn2)CC1. The summed E-state index contributed by atoms with van der Waals surface area (Å²) >= 11 is 3.38. The molecule has 2 atom stereocenters. The molecule has 2 aromatic rings. The zero-order valence-corrected chi connectivity index (χ0v) is 18.1. The number of halogens is 2. The molecule has 2 heterocycles. The number of nitrogens with zero attached hydrogens (tertiary/aromatic N) is 3. The Morgan fingerprint density at radius 1 is 1.21 bits per heavy atom. The lowest BCUT2D eigenvalue weighted by Crippen LogP contribution is -2.54. The van der Waals surface area contributed by atoms with Crippen molar-refractivity contribution in [1.29, 1.82) is 0 Å². The fraction of sp³-hybridized carbons (Fsp3) is 0.455. The second-order valence-corrected chi connectivity index (χ2v) is 8.82. The Hall–Kier alpha value is -1.99. The number of aromatic nitrogens is 1. The number of rotatable bonds is 6. The highest BCUT2D eigenvalue weighted by molar-refractivity contribution is 9.10. The van der Waals surface area contributed by atoms with Gasteiger partial charge in [-0.3, -0.25) is 10.1 Å². The summed E-state index contributed by atoms with van der Waals surface area (Å²) in [6, 6.07) is 10.5. The normalized spacial score (nSPS) is 19.1. The molecule has 1 saturated carbocycles. The lowest BCUT2D eigenvalue weighted by atomic mass is 10.0. The molecule has 1 amide bonds. The maximum Gasteiger partial charge on any atom is 0.239 e. The van der Waals surface area contributed by atoms with Crippen molar-refractivity contribution in [2.24, 2.45) is 5.92 Å². The summed E-state index contributed by atoms with van der Waals surface area (Å²) in [6.07, 6.45) is 4.01. The molecule has 1 aromatic heterocycles. The minimum absolute atomic E-state index is 0.00393. The first-order valence-electron chi connectivity index (χ1n) is 10.2. The Morgan fingerprint density at radius 2 is 1.97 bits per heavy atom. The summed E-state index contributed by atoms with van der Waals surface area (Å²) < 4.78 is 14.6. The van der Waals surface area contributed by atoms with Crippen molar-refractivity contribution in [2.75, 3.05) is 31.1 Å². The molecule has 4 rings (SSSR count). The van der Waals surface area contributed by atoms with E-state index in [1.807, 2.05) is 36.1 Å². The fourth-order valence-corrected chi connectivity index (χ4v) is 4.48. The number of anilines is 1. The maximum absolute atomic E-state index is 13.9. The van der Waals surface area contributed by atoms with E-state index in [2.05, 4.69) is 31.1 Å². The van der Waals surface area contributed by atoms with E-state index in [1.54, 1.807) is 12.3 Å². The van der Waals surface area contributed by atoms with Crippen molar-refractivity contribution in [3.63, 3.8) is 0 Å². The van der Waals surface area contributed by atoms with Crippen LogP contribution in [0.4, 0.5) is 10.2 Å². The summed E-state index contributed by atoms with van der Waals surface area (Å²) in [5.74, 6) is 1.26. The number of benzene rings is 1. The summed E-state index contributed by atoms with van der Waals surface area (Å²) in [5, 5.41) is 3.48. The molecular formula is C22H26BrFN4O. The Bertz CT molecular complexity index is 833. The van der Waals surface area contributed by atoms with Gasteiger partial charge >= 0.3 is 0 Å². The minimum Gasteiger partial charge on any atom is -0.353 e. The average Bonchev–Trinajstić information content (AvgIpc) is 3.56. The Balaban J connectivity index is 1.37. The second-order valence-electron chi connectivity index (χ2n) is 7.91. The van der Waals surface area contributed by atoms with E-state index < -0.39 is 0 Å². The molecule has 1 aliphatic carbocycles. The van der Waals surface area contributed by atoms with Gasteiger partial charge in [-0.2, -0.15) is 0 Å². The lowest BCUT2D eigenvalue weighted by Gasteiger charge is -2.37.